The lowest BCUT2D eigenvalue weighted by Gasteiger charge is -2.51. The van der Waals surface area contributed by atoms with Crippen LogP contribution in [0.2, 0.25) is 0 Å². The highest BCUT2D eigenvalue weighted by Gasteiger charge is 2.52. The Morgan fingerprint density at radius 2 is 1.97 bits per heavy atom. The summed E-state index contributed by atoms with van der Waals surface area (Å²) < 4.78 is 12.4. The van der Waals surface area contributed by atoms with E-state index in [1.807, 2.05) is 19.1 Å². The summed E-state index contributed by atoms with van der Waals surface area (Å²) in [4.78, 5) is 12.2. The van der Waals surface area contributed by atoms with Crippen LogP contribution in [0.15, 0.2) is 34.9 Å². The molecule has 1 fully saturated rings. The van der Waals surface area contributed by atoms with E-state index in [9.17, 15) is 15.0 Å². The maximum atomic E-state index is 12.2. The molecular weight excluding hydrogens is 380 g/mol. The van der Waals surface area contributed by atoms with E-state index in [0.29, 0.717) is 24.8 Å². The second-order valence-electron chi connectivity index (χ2n) is 10.9. The van der Waals surface area contributed by atoms with E-state index in [2.05, 4.69) is 26.8 Å². The molecule has 0 unspecified atom stereocenters. The smallest absolute Gasteiger partial charge is 0.192 e. The molecule has 2 aliphatic carbocycles. The van der Waals surface area contributed by atoms with Crippen LogP contribution in [0.1, 0.15) is 72.6 Å². The summed E-state index contributed by atoms with van der Waals surface area (Å²) >= 11 is 0. The summed E-state index contributed by atoms with van der Waals surface area (Å²) in [7, 11) is 0. The first-order valence-electron chi connectivity index (χ1n) is 11.3. The molecule has 2 aliphatic heterocycles. The first-order chi connectivity index (χ1) is 14.0. The molecule has 0 saturated carbocycles. The van der Waals surface area contributed by atoms with Gasteiger partial charge in [-0.1, -0.05) is 32.4 Å². The fraction of sp³-hybridized carbons (Fsp3) is 0.720. The largest absolute Gasteiger partial charge is 0.392 e. The van der Waals surface area contributed by atoms with Gasteiger partial charge in [0.1, 0.15) is 0 Å². The molecule has 0 aromatic heterocycles. The van der Waals surface area contributed by atoms with E-state index in [-0.39, 0.29) is 35.2 Å². The van der Waals surface area contributed by atoms with E-state index < -0.39 is 12.1 Å². The first-order valence-corrected chi connectivity index (χ1v) is 11.3. The third-order valence-electron chi connectivity index (χ3n) is 7.30. The molecule has 1 spiro atoms. The zero-order chi connectivity index (χ0) is 21.7. The van der Waals surface area contributed by atoms with E-state index >= 15 is 0 Å². The number of hydrogen-bond donors (Lipinski definition) is 2. The van der Waals surface area contributed by atoms with Crippen LogP contribution in [-0.2, 0) is 14.3 Å². The van der Waals surface area contributed by atoms with Crippen molar-refractivity contribution in [2.75, 3.05) is 6.61 Å². The number of carbonyl (C=O) groups excluding carboxylic acids is 1. The van der Waals surface area contributed by atoms with Crippen LogP contribution < -0.4 is 0 Å². The van der Waals surface area contributed by atoms with Gasteiger partial charge in [-0.25, -0.2) is 0 Å². The second-order valence-corrected chi connectivity index (χ2v) is 10.9. The van der Waals surface area contributed by atoms with Crippen molar-refractivity contribution in [2.24, 2.45) is 16.7 Å². The number of hydrogen-bond acceptors (Lipinski definition) is 5. The highest BCUT2D eigenvalue weighted by molar-refractivity contribution is 5.96. The number of ether oxygens (including phenoxy) is 2. The first kappa shape index (κ1) is 21.9. The minimum absolute atomic E-state index is 0.0939. The Kier molecular flexibility index (Phi) is 5.63. The van der Waals surface area contributed by atoms with Gasteiger partial charge >= 0.3 is 0 Å². The lowest BCUT2D eigenvalue weighted by Crippen LogP contribution is -2.54. The van der Waals surface area contributed by atoms with E-state index in [0.717, 1.165) is 18.4 Å². The quantitative estimate of drug-likeness (QED) is 0.675. The van der Waals surface area contributed by atoms with Crippen LogP contribution in [0.5, 0.6) is 0 Å². The van der Waals surface area contributed by atoms with Crippen LogP contribution in [0.4, 0.5) is 0 Å². The molecule has 2 heterocycles. The summed E-state index contributed by atoms with van der Waals surface area (Å²) in [6, 6.07) is 0. The van der Waals surface area contributed by atoms with E-state index in [1.165, 1.54) is 18.4 Å². The Labute approximate surface area is 179 Å². The van der Waals surface area contributed by atoms with Crippen LogP contribution in [-0.4, -0.2) is 40.8 Å². The fourth-order valence-electron chi connectivity index (χ4n) is 6.05. The van der Waals surface area contributed by atoms with Gasteiger partial charge in [0.15, 0.2) is 17.9 Å². The number of fused-ring (bicyclic) bond motifs is 1. The topological polar surface area (TPSA) is 76.0 Å². The Morgan fingerprint density at radius 1 is 1.20 bits per heavy atom. The van der Waals surface area contributed by atoms with Gasteiger partial charge in [0.2, 0.25) is 0 Å². The summed E-state index contributed by atoms with van der Waals surface area (Å²) in [6.07, 6.45) is 10.8. The Bertz CT molecular complexity index is 806. The molecule has 0 aromatic rings. The molecule has 0 radical (unpaired) electrons. The molecular formula is C25H36O5. The maximum absolute atomic E-state index is 12.2. The fourth-order valence-corrected chi connectivity index (χ4v) is 6.05. The van der Waals surface area contributed by atoms with Gasteiger partial charge in [-0.05, 0) is 66.7 Å². The minimum atomic E-state index is -1.08. The van der Waals surface area contributed by atoms with Gasteiger partial charge in [0.05, 0.1) is 12.7 Å². The average molecular weight is 417 g/mol. The molecule has 5 heteroatoms. The standard InChI is InChI=1S/C25H36O5/c1-16-8-21-19(9-20(16)27)18(14-26)12-25(29-21)15-24(4,13-22(28)30-25)11-17-6-5-7-23(2,3)10-17/h8,10,12,19,21-22,26,28H,5-7,9,11,13-15H2,1-4H3/t19-,21-,22+,24+,25+/m1/s1. The van der Waals surface area contributed by atoms with Crippen molar-refractivity contribution in [3.05, 3.63) is 34.9 Å². The number of ketones is 1. The molecule has 1 saturated heterocycles. The second kappa shape index (κ2) is 7.70. The van der Waals surface area contributed by atoms with Crippen LogP contribution >= 0.6 is 0 Å². The van der Waals surface area contributed by atoms with Gasteiger partial charge in [0, 0.05) is 25.2 Å². The Morgan fingerprint density at radius 3 is 2.67 bits per heavy atom. The van der Waals surface area contributed by atoms with Crippen LogP contribution in [0, 0.1) is 16.7 Å². The molecule has 4 aliphatic rings. The molecule has 5 nitrogen and oxygen atoms in total. The van der Waals surface area contributed by atoms with Gasteiger partial charge in [0.25, 0.3) is 0 Å². The van der Waals surface area contributed by atoms with Crippen molar-refractivity contribution in [1.82, 2.24) is 0 Å². The number of rotatable bonds is 3. The van der Waals surface area contributed by atoms with Crippen LogP contribution in [0.3, 0.4) is 0 Å². The lowest BCUT2D eigenvalue weighted by atomic mass is 9.68. The predicted molar refractivity (Wildman–Crippen MR) is 114 cm³/mol. The molecule has 4 rings (SSSR count). The molecule has 0 amide bonds. The van der Waals surface area contributed by atoms with Crippen molar-refractivity contribution in [2.45, 2.75) is 90.8 Å². The van der Waals surface area contributed by atoms with E-state index in [1.54, 1.807) is 0 Å². The highest BCUT2D eigenvalue weighted by Crippen LogP contribution is 2.51. The van der Waals surface area contributed by atoms with Gasteiger partial charge in [-0.2, -0.15) is 0 Å². The van der Waals surface area contributed by atoms with Crippen molar-refractivity contribution in [3.63, 3.8) is 0 Å². The molecule has 2 N–H and O–H groups in total. The highest BCUT2D eigenvalue weighted by atomic mass is 16.7. The molecule has 166 valence electrons. The Hall–Kier alpha value is -1.27. The third kappa shape index (κ3) is 4.36. The van der Waals surface area contributed by atoms with Crippen molar-refractivity contribution in [1.29, 1.82) is 0 Å². The zero-order valence-electron chi connectivity index (χ0n) is 18.7. The van der Waals surface area contributed by atoms with Gasteiger partial charge in [-0.15, -0.1) is 0 Å². The average Bonchev–Trinajstić information content (AvgIpc) is 2.60. The van der Waals surface area contributed by atoms with Gasteiger partial charge in [-0.3, -0.25) is 4.79 Å². The summed E-state index contributed by atoms with van der Waals surface area (Å²) in [6.45, 7) is 8.45. The molecule has 0 bridgehead atoms. The van der Waals surface area contributed by atoms with Crippen molar-refractivity contribution in [3.8, 4) is 0 Å². The monoisotopic (exact) mass is 416 g/mol. The maximum Gasteiger partial charge on any atom is 0.192 e. The summed E-state index contributed by atoms with van der Waals surface area (Å²) in [5.41, 5.74) is 2.97. The van der Waals surface area contributed by atoms with Gasteiger partial charge < -0.3 is 19.7 Å². The van der Waals surface area contributed by atoms with Crippen molar-refractivity contribution < 1.29 is 24.5 Å². The number of aliphatic hydroxyl groups excluding tert-OH is 2. The number of Topliss-reactive ketones (excluding diaryl/α,β-unsaturated/α-hetero) is 1. The summed E-state index contributed by atoms with van der Waals surface area (Å²) in [5.74, 6) is -1.14. The SMILES string of the molecule is CC1=C[C@H]2O[C@]3(C=C(CO)[C@H]2CC1=O)C[C@@](C)(CC1=CC(C)(C)CCC1)C[C@@H](O)O3. The molecule has 30 heavy (non-hydrogen) atoms. The predicted octanol–water partition coefficient (Wildman–Crippen LogP) is 4.20. The minimum Gasteiger partial charge on any atom is -0.392 e. The zero-order valence-corrected chi connectivity index (χ0v) is 18.7. The molecule has 5 atom stereocenters. The van der Waals surface area contributed by atoms with E-state index in [4.69, 9.17) is 9.47 Å². The number of aliphatic hydroxyl groups is 2. The number of carbonyl (C=O) groups is 1. The molecule has 0 aromatic carbocycles. The van der Waals surface area contributed by atoms with Crippen molar-refractivity contribution >= 4 is 5.78 Å². The summed E-state index contributed by atoms with van der Waals surface area (Å²) in [5, 5.41) is 20.7. The van der Waals surface area contributed by atoms with Crippen LogP contribution in [0.25, 0.3) is 0 Å². The third-order valence-corrected chi connectivity index (χ3v) is 7.30. The lowest BCUT2D eigenvalue weighted by molar-refractivity contribution is -0.333. The normalized spacial score (nSPS) is 41.1. The number of allylic oxidation sites excluding steroid dienone is 3. The Balaban J connectivity index is 1.63.